The lowest BCUT2D eigenvalue weighted by molar-refractivity contribution is -0.652. The molecule has 184 valence electrons. The van der Waals surface area contributed by atoms with Crippen molar-refractivity contribution in [2.24, 2.45) is 5.10 Å². The van der Waals surface area contributed by atoms with Crippen molar-refractivity contribution >= 4 is 23.9 Å². The Morgan fingerprint density at radius 1 is 1.19 bits per heavy atom. The first-order valence-electron chi connectivity index (χ1n) is 10.5. The zero-order valence-corrected chi connectivity index (χ0v) is 18.9. The van der Waals surface area contributed by atoms with Crippen LogP contribution in [0.4, 0.5) is 5.82 Å². The molecule has 0 aliphatic rings. The summed E-state index contributed by atoms with van der Waals surface area (Å²) in [5, 5.41) is 28.6. The highest BCUT2D eigenvalue weighted by Gasteiger charge is 2.31. The second-order valence-electron chi connectivity index (χ2n) is 7.11. The van der Waals surface area contributed by atoms with Crippen LogP contribution in [0.1, 0.15) is 23.0 Å². The maximum atomic E-state index is 13.0. The van der Waals surface area contributed by atoms with Gasteiger partial charge in [0.15, 0.2) is 5.69 Å². The smallest absolute Gasteiger partial charge is 0.377 e. The van der Waals surface area contributed by atoms with Gasteiger partial charge in [0.05, 0.1) is 18.8 Å². The molecule has 36 heavy (non-hydrogen) atoms. The summed E-state index contributed by atoms with van der Waals surface area (Å²) in [5.41, 5.74) is 9.79. The number of nitrogens with one attached hydrogen (secondary N) is 2. The molecule has 0 saturated heterocycles. The number of rotatable bonds is 10. The number of carbonyl (C=O) groups is 2. The maximum absolute atomic E-state index is 13.0. The third kappa shape index (κ3) is 5.44. The van der Waals surface area contributed by atoms with E-state index >= 15 is 0 Å². The minimum atomic E-state index is -1.32. The van der Waals surface area contributed by atoms with E-state index in [1.54, 1.807) is 48.5 Å². The van der Waals surface area contributed by atoms with Crippen molar-refractivity contribution in [3.8, 4) is 28.6 Å². The van der Waals surface area contributed by atoms with E-state index in [9.17, 15) is 14.7 Å². The first-order valence-corrected chi connectivity index (χ1v) is 10.5. The molecule has 4 rings (SSSR count). The van der Waals surface area contributed by atoms with Crippen LogP contribution in [0.15, 0.2) is 58.3 Å². The number of aromatic nitrogens is 5. The topological polar surface area (TPSA) is 198 Å². The Kier molecular flexibility index (Phi) is 7.14. The van der Waals surface area contributed by atoms with Gasteiger partial charge in [-0.15, -0.1) is 9.90 Å². The number of ether oxygens (including phenoxy) is 2. The Hall–Kier alpha value is -5.27. The number of hydrogen-bond acceptors (Lipinski definition) is 11. The molecule has 0 saturated carbocycles. The molecule has 2 aromatic heterocycles. The molecule has 0 spiro atoms. The summed E-state index contributed by atoms with van der Waals surface area (Å²) in [7, 11) is 0. The number of H-pyrrole nitrogens is 1. The van der Waals surface area contributed by atoms with Crippen LogP contribution < -0.4 is 30.4 Å². The molecule has 0 atom stereocenters. The van der Waals surface area contributed by atoms with Crippen LogP contribution in [0.5, 0.6) is 11.5 Å². The van der Waals surface area contributed by atoms with Gasteiger partial charge >= 0.3 is 11.7 Å². The van der Waals surface area contributed by atoms with Gasteiger partial charge in [0.25, 0.3) is 11.5 Å². The molecule has 2 aromatic carbocycles. The number of hydrogen-bond donors (Lipinski definition) is 3. The van der Waals surface area contributed by atoms with Gasteiger partial charge in [-0.2, -0.15) is 9.73 Å². The molecule has 2 heterocycles. The van der Waals surface area contributed by atoms with E-state index in [0.717, 1.165) is 0 Å². The van der Waals surface area contributed by atoms with E-state index in [-0.39, 0.29) is 17.3 Å². The third-order valence-electron chi connectivity index (χ3n) is 4.67. The molecule has 1 amide bonds. The van der Waals surface area contributed by atoms with Gasteiger partial charge in [-0.1, -0.05) is 12.1 Å². The summed E-state index contributed by atoms with van der Waals surface area (Å²) in [4.78, 5) is 23.5. The fourth-order valence-corrected chi connectivity index (χ4v) is 3.14. The molecule has 4 N–H and O–H groups in total. The molecular weight excluding hydrogens is 472 g/mol. The number of aromatic amines is 1. The number of amides is 1. The van der Waals surface area contributed by atoms with E-state index in [0.29, 0.717) is 34.9 Å². The summed E-state index contributed by atoms with van der Waals surface area (Å²) in [6, 6.07) is 13.4. The van der Waals surface area contributed by atoms with Gasteiger partial charge in [-0.05, 0) is 59.1 Å². The molecule has 0 aliphatic heterocycles. The second-order valence-corrected chi connectivity index (χ2v) is 7.11. The Balaban J connectivity index is 1.58. The largest absolute Gasteiger partial charge is 0.546 e. The molecule has 0 fully saturated rings. The average Bonchev–Trinajstić information content (AvgIpc) is 3.50. The minimum Gasteiger partial charge on any atom is -0.546 e. The second kappa shape index (κ2) is 10.8. The lowest BCUT2D eigenvalue weighted by Crippen LogP contribution is -2.37. The lowest BCUT2D eigenvalue weighted by Gasteiger charge is -2.06. The van der Waals surface area contributed by atoms with Gasteiger partial charge in [-0.25, -0.2) is 5.43 Å². The fourth-order valence-electron chi connectivity index (χ4n) is 3.14. The molecule has 14 heteroatoms. The van der Waals surface area contributed by atoms with Crippen molar-refractivity contribution in [1.29, 1.82) is 0 Å². The highest BCUT2D eigenvalue weighted by atomic mass is 16.6. The average molecular weight is 492 g/mol. The van der Waals surface area contributed by atoms with Crippen LogP contribution in [-0.2, 0) is 4.79 Å². The van der Waals surface area contributed by atoms with Crippen molar-refractivity contribution < 1.29 is 33.5 Å². The van der Waals surface area contributed by atoms with Crippen LogP contribution in [0, 0.1) is 0 Å². The highest BCUT2D eigenvalue weighted by Crippen LogP contribution is 2.25. The summed E-state index contributed by atoms with van der Waals surface area (Å²) >= 11 is 0. The number of carbonyl (C=O) groups excluding carboxylic acids is 2. The van der Waals surface area contributed by atoms with Gasteiger partial charge < -0.3 is 25.1 Å². The van der Waals surface area contributed by atoms with Crippen molar-refractivity contribution in [3.63, 3.8) is 0 Å². The third-order valence-corrected chi connectivity index (χ3v) is 4.67. The molecule has 0 radical (unpaired) electrons. The highest BCUT2D eigenvalue weighted by molar-refractivity contribution is 5.97. The van der Waals surface area contributed by atoms with E-state index in [1.807, 2.05) is 6.92 Å². The molecule has 0 unspecified atom stereocenters. The number of nitrogens with zero attached hydrogens (tertiary/aromatic N) is 5. The zero-order chi connectivity index (χ0) is 25.5. The summed E-state index contributed by atoms with van der Waals surface area (Å²) in [5.74, 6) is -0.908. The Morgan fingerprint density at radius 3 is 2.69 bits per heavy atom. The summed E-state index contributed by atoms with van der Waals surface area (Å²) in [6.45, 7) is 1.76. The van der Waals surface area contributed by atoms with E-state index in [4.69, 9.17) is 15.2 Å². The zero-order valence-electron chi connectivity index (χ0n) is 18.9. The van der Waals surface area contributed by atoms with Gasteiger partial charge in [0, 0.05) is 5.56 Å². The number of carboxylic acid groups (broad SMARTS) is 1. The van der Waals surface area contributed by atoms with Crippen molar-refractivity contribution in [2.75, 3.05) is 18.9 Å². The standard InChI is InChI=1S/C22H20N8O6/c1-2-34-16-5-3-4-14(10-16)19-18(25-29-30(19)21-20(23)27-36-28-21)22(33)26-24-11-13-6-8-15(9-7-13)35-12-17(31)32/h3-11H,2,12H2,1H3,(H4,23,26,27,31,32,33). The first-order chi connectivity index (χ1) is 17.5. The number of aliphatic carboxylic acids is 1. The van der Waals surface area contributed by atoms with E-state index in [2.05, 4.69) is 35.8 Å². The molecule has 0 bridgehead atoms. The number of anilines is 1. The number of hydrazone groups is 1. The number of benzene rings is 2. The first kappa shape index (κ1) is 23.9. The van der Waals surface area contributed by atoms with E-state index < -0.39 is 18.5 Å². The van der Waals surface area contributed by atoms with Crippen LogP contribution >= 0.6 is 0 Å². The summed E-state index contributed by atoms with van der Waals surface area (Å²) < 4.78 is 16.6. The minimum absolute atomic E-state index is 0.00535. The van der Waals surface area contributed by atoms with Crippen LogP contribution in [0.25, 0.3) is 17.1 Å². The predicted octanol–water partition coefficient (Wildman–Crippen LogP) is -0.390. The summed E-state index contributed by atoms with van der Waals surface area (Å²) in [6.07, 6.45) is 1.40. The predicted molar refractivity (Wildman–Crippen MR) is 121 cm³/mol. The monoisotopic (exact) mass is 492 g/mol. The van der Waals surface area contributed by atoms with Crippen molar-refractivity contribution in [1.82, 2.24) is 26.1 Å². The normalized spacial score (nSPS) is 10.9. The maximum Gasteiger partial charge on any atom is 0.377 e. The molecule has 4 aromatic rings. The molecular formula is C22H20N8O6. The Bertz CT molecular complexity index is 1400. The van der Waals surface area contributed by atoms with Crippen LogP contribution in [-0.4, -0.2) is 51.9 Å². The van der Waals surface area contributed by atoms with Gasteiger partial charge in [0.1, 0.15) is 23.3 Å². The van der Waals surface area contributed by atoms with Crippen LogP contribution in [0.2, 0.25) is 0 Å². The van der Waals surface area contributed by atoms with Gasteiger partial charge in [-0.3, -0.25) is 4.79 Å². The lowest BCUT2D eigenvalue weighted by atomic mass is 10.1. The van der Waals surface area contributed by atoms with Crippen molar-refractivity contribution in [2.45, 2.75) is 6.92 Å². The number of carboxylic acids is 1. The quantitative estimate of drug-likeness (QED) is 0.149. The SMILES string of the molecule is CCOc1cccc(-c2c(C(=O)NN=Cc3ccc(OCC(=O)[O-])cc3)n[nH][n+]2-c2nonc2N)c1. The Labute approximate surface area is 203 Å². The fraction of sp³-hybridized carbons (Fsp3) is 0.136. The molecule has 0 aliphatic carbocycles. The Morgan fingerprint density at radius 2 is 2.00 bits per heavy atom. The van der Waals surface area contributed by atoms with Crippen molar-refractivity contribution in [3.05, 3.63) is 59.8 Å². The van der Waals surface area contributed by atoms with E-state index in [1.165, 1.54) is 10.9 Å². The number of nitrogen functional groups attached to an aromatic ring is 1. The number of nitrogens with two attached hydrogens (primary N) is 1. The molecule has 14 nitrogen and oxygen atoms in total. The van der Waals surface area contributed by atoms with Gasteiger partial charge in [0.2, 0.25) is 0 Å². The van der Waals surface area contributed by atoms with Crippen LogP contribution in [0.3, 0.4) is 0 Å².